The highest BCUT2D eigenvalue weighted by Crippen LogP contribution is 2.32. The van der Waals surface area contributed by atoms with Crippen molar-refractivity contribution in [3.8, 4) is 21.7 Å². The molecule has 120 valence electrons. The summed E-state index contributed by atoms with van der Waals surface area (Å²) < 4.78 is 8.32. The SMILES string of the molecule is COCc1nn2c(-c3cccs3)ccnc2c1-c1ccc(Br)cc1. The molecular formula is C18H14BrN3OS. The van der Waals surface area contributed by atoms with Crippen LogP contribution in [0.3, 0.4) is 0 Å². The maximum Gasteiger partial charge on any atom is 0.163 e. The molecule has 4 rings (SSSR count). The lowest BCUT2D eigenvalue weighted by molar-refractivity contribution is 0.181. The fourth-order valence-corrected chi connectivity index (χ4v) is 3.75. The number of ether oxygens (including phenoxy) is 1. The van der Waals surface area contributed by atoms with Crippen molar-refractivity contribution >= 4 is 32.9 Å². The second kappa shape index (κ2) is 6.47. The van der Waals surface area contributed by atoms with Crippen LogP contribution in [0.5, 0.6) is 0 Å². The van der Waals surface area contributed by atoms with Gasteiger partial charge in [-0.05, 0) is 35.2 Å². The van der Waals surface area contributed by atoms with E-state index in [9.17, 15) is 0 Å². The van der Waals surface area contributed by atoms with Gasteiger partial charge in [0.1, 0.15) is 0 Å². The topological polar surface area (TPSA) is 39.4 Å². The molecule has 1 aromatic carbocycles. The largest absolute Gasteiger partial charge is 0.378 e. The molecule has 4 aromatic rings. The van der Waals surface area contributed by atoms with Gasteiger partial charge in [0.05, 0.1) is 28.4 Å². The number of benzene rings is 1. The summed E-state index contributed by atoms with van der Waals surface area (Å²) in [7, 11) is 1.68. The first-order valence-electron chi connectivity index (χ1n) is 7.43. The Morgan fingerprint density at radius 3 is 2.71 bits per heavy atom. The number of halogens is 1. The summed E-state index contributed by atoms with van der Waals surface area (Å²) in [4.78, 5) is 5.75. The highest BCUT2D eigenvalue weighted by atomic mass is 79.9. The van der Waals surface area contributed by atoms with Crippen LogP contribution in [-0.4, -0.2) is 21.7 Å². The molecule has 0 unspecified atom stereocenters. The number of rotatable bonds is 4. The first kappa shape index (κ1) is 15.5. The summed E-state index contributed by atoms with van der Waals surface area (Å²) in [5.41, 5.74) is 4.86. The third-order valence-corrected chi connectivity index (χ3v) is 5.20. The zero-order chi connectivity index (χ0) is 16.5. The maximum atomic E-state index is 5.36. The van der Waals surface area contributed by atoms with Gasteiger partial charge in [-0.3, -0.25) is 0 Å². The summed E-state index contributed by atoms with van der Waals surface area (Å²) in [5.74, 6) is 0. The number of hydrogen-bond donors (Lipinski definition) is 0. The van der Waals surface area contributed by atoms with E-state index in [2.05, 4.69) is 44.5 Å². The first-order valence-corrected chi connectivity index (χ1v) is 9.10. The molecule has 0 radical (unpaired) electrons. The predicted molar refractivity (Wildman–Crippen MR) is 100 cm³/mol. The quantitative estimate of drug-likeness (QED) is 0.482. The Labute approximate surface area is 151 Å². The van der Waals surface area contributed by atoms with E-state index in [0.717, 1.165) is 37.5 Å². The normalized spacial score (nSPS) is 11.2. The Hall–Kier alpha value is -2.02. The number of thiophene rings is 1. The van der Waals surface area contributed by atoms with E-state index >= 15 is 0 Å². The summed E-state index contributed by atoms with van der Waals surface area (Å²) >= 11 is 5.18. The first-order chi connectivity index (χ1) is 11.8. The zero-order valence-corrected chi connectivity index (χ0v) is 15.3. The minimum atomic E-state index is 0.443. The Morgan fingerprint density at radius 2 is 2.00 bits per heavy atom. The van der Waals surface area contributed by atoms with Crippen molar-refractivity contribution in [3.63, 3.8) is 0 Å². The Bertz CT molecular complexity index is 978. The summed E-state index contributed by atoms with van der Waals surface area (Å²) in [6, 6.07) is 14.3. The van der Waals surface area contributed by atoms with Crippen LogP contribution in [0.15, 0.2) is 58.5 Å². The van der Waals surface area contributed by atoms with E-state index in [1.54, 1.807) is 18.4 Å². The Balaban J connectivity index is 1.99. The molecule has 6 heteroatoms. The summed E-state index contributed by atoms with van der Waals surface area (Å²) in [6.45, 7) is 0.443. The van der Waals surface area contributed by atoms with Gasteiger partial charge in [-0.25, -0.2) is 9.50 Å². The van der Waals surface area contributed by atoms with E-state index in [0.29, 0.717) is 6.61 Å². The molecule has 0 atom stereocenters. The molecule has 0 saturated carbocycles. The number of methoxy groups -OCH3 is 1. The highest BCUT2D eigenvalue weighted by molar-refractivity contribution is 9.10. The molecule has 0 aliphatic carbocycles. The second-order valence-corrected chi connectivity index (χ2v) is 7.17. The summed E-state index contributed by atoms with van der Waals surface area (Å²) in [6.07, 6.45) is 1.84. The van der Waals surface area contributed by atoms with Crippen LogP contribution in [0.2, 0.25) is 0 Å². The minimum absolute atomic E-state index is 0.443. The molecule has 0 bridgehead atoms. The van der Waals surface area contributed by atoms with E-state index < -0.39 is 0 Å². The molecular weight excluding hydrogens is 386 g/mol. The molecule has 0 amide bonds. The molecule has 24 heavy (non-hydrogen) atoms. The van der Waals surface area contributed by atoms with Gasteiger partial charge in [-0.1, -0.05) is 34.1 Å². The Kier molecular flexibility index (Phi) is 4.18. The van der Waals surface area contributed by atoms with Gasteiger partial charge in [0.15, 0.2) is 5.65 Å². The second-order valence-electron chi connectivity index (χ2n) is 5.30. The van der Waals surface area contributed by atoms with Crippen LogP contribution in [0.1, 0.15) is 5.69 Å². The van der Waals surface area contributed by atoms with Crippen LogP contribution in [-0.2, 0) is 11.3 Å². The fraction of sp³-hybridized carbons (Fsp3) is 0.111. The van der Waals surface area contributed by atoms with Crippen LogP contribution in [0, 0.1) is 0 Å². The van der Waals surface area contributed by atoms with Gasteiger partial charge in [0.2, 0.25) is 0 Å². The van der Waals surface area contributed by atoms with Crippen molar-refractivity contribution in [2.75, 3.05) is 7.11 Å². The predicted octanol–water partition coefficient (Wildman–Crippen LogP) is 5.03. The van der Waals surface area contributed by atoms with Gasteiger partial charge >= 0.3 is 0 Å². The third-order valence-electron chi connectivity index (χ3n) is 3.78. The lowest BCUT2D eigenvalue weighted by Crippen LogP contribution is -1.95. The number of nitrogens with zero attached hydrogens (tertiary/aromatic N) is 3. The number of hydrogen-bond acceptors (Lipinski definition) is 4. The van der Waals surface area contributed by atoms with Crippen molar-refractivity contribution in [1.29, 1.82) is 0 Å². The molecule has 0 fully saturated rings. The van der Waals surface area contributed by atoms with Crippen LogP contribution >= 0.6 is 27.3 Å². The average Bonchev–Trinajstić information content (AvgIpc) is 3.23. The van der Waals surface area contributed by atoms with Crippen LogP contribution in [0.4, 0.5) is 0 Å². The molecule has 4 nitrogen and oxygen atoms in total. The van der Waals surface area contributed by atoms with Gasteiger partial charge < -0.3 is 4.74 Å². The average molecular weight is 400 g/mol. The molecule has 0 saturated heterocycles. The Morgan fingerprint density at radius 1 is 1.17 bits per heavy atom. The van der Waals surface area contributed by atoms with Crippen LogP contribution < -0.4 is 0 Å². The number of aromatic nitrogens is 3. The lowest BCUT2D eigenvalue weighted by atomic mass is 10.1. The van der Waals surface area contributed by atoms with Crippen molar-refractivity contribution in [1.82, 2.24) is 14.6 Å². The van der Waals surface area contributed by atoms with Gasteiger partial charge in [-0.2, -0.15) is 5.10 Å². The van der Waals surface area contributed by atoms with E-state index in [-0.39, 0.29) is 0 Å². The smallest absolute Gasteiger partial charge is 0.163 e. The lowest BCUT2D eigenvalue weighted by Gasteiger charge is -2.04. The third kappa shape index (κ3) is 2.66. The molecule has 0 aliphatic heterocycles. The fourth-order valence-electron chi connectivity index (χ4n) is 2.75. The highest BCUT2D eigenvalue weighted by Gasteiger charge is 2.18. The molecule has 0 spiro atoms. The zero-order valence-electron chi connectivity index (χ0n) is 12.9. The van der Waals surface area contributed by atoms with Crippen molar-refractivity contribution in [3.05, 3.63) is 64.2 Å². The molecule has 3 heterocycles. The van der Waals surface area contributed by atoms with E-state index in [1.807, 2.05) is 35.0 Å². The minimum Gasteiger partial charge on any atom is -0.378 e. The van der Waals surface area contributed by atoms with Gasteiger partial charge in [-0.15, -0.1) is 11.3 Å². The number of fused-ring (bicyclic) bond motifs is 1. The van der Waals surface area contributed by atoms with Gasteiger partial charge in [0.25, 0.3) is 0 Å². The van der Waals surface area contributed by atoms with Gasteiger partial charge in [0, 0.05) is 17.8 Å². The van der Waals surface area contributed by atoms with Crippen molar-refractivity contribution in [2.24, 2.45) is 0 Å². The molecule has 0 N–H and O–H groups in total. The maximum absolute atomic E-state index is 5.36. The van der Waals surface area contributed by atoms with E-state index in [1.165, 1.54) is 0 Å². The molecule has 0 aliphatic rings. The monoisotopic (exact) mass is 399 g/mol. The standard InChI is InChI=1S/C18H14BrN3OS/c1-23-11-14-17(12-4-6-13(19)7-5-12)18-20-9-8-15(22(18)21-14)16-3-2-10-24-16/h2-10H,11H2,1H3. The van der Waals surface area contributed by atoms with E-state index in [4.69, 9.17) is 9.84 Å². The molecule has 3 aromatic heterocycles. The summed E-state index contributed by atoms with van der Waals surface area (Å²) in [5, 5.41) is 6.85. The van der Waals surface area contributed by atoms with Crippen molar-refractivity contribution in [2.45, 2.75) is 6.61 Å². The van der Waals surface area contributed by atoms with Crippen molar-refractivity contribution < 1.29 is 4.74 Å². The van der Waals surface area contributed by atoms with Crippen LogP contribution in [0.25, 0.3) is 27.3 Å².